The molecule has 0 amide bonds. The minimum absolute atomic E-state index is 0.0535. The number of alkyl halides is 3. The van der Waals surface area contributed by atoms with Gasteiger partial charge in [0.05, 0.1) is 5.56 Å². The van der Waals surface area contributed by atoms with Crippen molar-refractivity contribution in [3.8, 4) is 11.1 Å². The second-order valence-corrected chi connectivity index (χ2v) is 11.5. The van der Waals surface area contributed by atoms with Gasteiger partial charge >= 0.3 is 6.18 Å². The summed E-state index contributed by atoms with van der Waals surface area (Å²) in [4.78, 5) is 0. The average Bonchev–Trinajstić information content (AvgIpc) is 2.73. The number of unbranched alkanes of at least 4 members (excludes halogenated alkanes) is 2. The van der Waals surface area contributed by atoms with E-state index in [2.05, 4.69) is 19.1 Å². The Kier molecular flexibility index (Phi) is 7.99. The lowest BCUT2D eigenvalue weighted by molar-refractivity contribution is -0.137. The van der Waals surface area contributed by atoms with Gasteiger partial charge < -0.3 is 0 Å². The van der Waals surface area contributed by atoms with Crippen molar-refractivity contribution in [3.05, 3.63) is 59.7 Å². The molecular weight excluding hydrogens is 385 g/mol. The van der Waals surface area contributed by atoms with Gasteiger partial charge in [0, 0.05) is 8.80 Å². The Hall–Kier alpha value is -1.55. The van der Waals surface area contributed by atoms with Gasteiger partial charge in [-0.25, -0.2) is 0 Å². The van der Waals surface area contributed by atoms with E-state index < -0.39 is 11.7 Å². The molecule has 0 atom stereocenters. The summed E-state index contributed by atoms with van der Waals surface area (Å²) in [7, 11) is -0.0535. The Balaban J connectivity index is 1.45. The van der Waals surface area contributed by atoms with Gasteiger partial charge in [0.25, 0.3) is 0 Å². The first-order valence-electron chi connectivity index (χ1n) is 11.1. The van der Waals surface area contributed by atoms with Crippen molar-refractivity contribution in [2.75, 3.05) is 0 Å². The van der Waals surface area contributed by atoms with Crippen LogP contribution in [0.4, 0.5) is 13.2 Å². The van der Waals surface area contributed by atoms with Crippen molar-refractivity contribution >= 4 is 8.80 Å². The molecule has 0 aromatic heterocycles. The van der Waals surface area contributed by atoms with Crippen molar-refractivity contribution in [1.82, 2.24) is 0 Å². The SMILES string of the molecule is CCCCC[Si]1CCC(CCc2ccc(-c3ccc(C(F)(F)F)cc3)cc2)CC1. The maximum atomic E-state index is 12.7. The molecule has 0 bridgehead atoms. The lowest BCUT2D eigenvalue weighted by Crippen LogP contribution is -2.21. The minimum Gasteiger partial charge on any atom is -0.166 e. The topological polar surface area (TPSA) is 0 Å². The number of benzene rings is 2. The molecule has 0 saturated carbocycles. The number of hydrogen-bond acceptors (Lipinski definition) is 0. The van der Waals surface area contributed by atoms with E-state index in [-0.39, 0.29) is 8.80 Å². The Labute approximate surface area is 175 Å². The molecule has 0 aliphatic carbocycles. The van der Waals surface area contributed by atoms with E-state index in [1.54, 1.807) is 12.1 Å². The van der Waals surface area contributed by atoms with Crippen molar-refractivity contribution in [1.29, 1.82) is 0 Å². The Morgan fingerprint density at radius 2 is 1.45 bits per heavy atom. The van der Waals surface area contributed by atoms with Crippen LogP contribution in [-0.4, -0.2) is 8.80 Å². The standard InChI is InChI=1S/C25H32F3Si/c1-2-3-4-17-29-18-15-21(16-19-29)6-5-20-7-9-22(10-8-20)23-11-13-24(14-12-23)25(26,27)28/h7-14,21H,2-6,15-19H2,1H3. The third kappa shape index (κ3) is 6.73. The fraction of sp³-hybridized carbons (Fsp3) is 0.520. The van der Waals surface area contributed by atoms with Crippen LogP contribution >= 0.6 is 0 Å². The summed E-state index contributed by atoms with van der Waals surface area (Å²) < 4.78 is 38.1. The van der Waals surface area contributed by atoms with Gasteiger partial charge in [-0.05, 0) is 47.6 Å². The molecule has 0 N–H and O–H groups in total. The minimum atomic E-state index is -4.28. The second kappa shape index (κ2) is 10.5. The summed E-state index contributed by atoms with van der Waals surface area (Å²) in [5.41, 5.74) is 2.54. The summed E-state index contributed by atoms with van der Waals surface area (Å²) in [5, 5.41) is 0. The number of halogens is 3. The molecule has 1 radical (unpaired) electrons. The first-order chi connectivity index (χ1) is 14.0. The maximum absolute atomic E-state index is 12.7. The monoisotopic (exact) mass is 417 g/mol. The van der Waals surface area contributed by atoms with E-state index in [9.17, 15) is 13.2 Å². The smallest absolute Gasteiger partial charge is 0.166 e. The Morgan fingerprint density at radius 1 is 0.862 bits per heavy atom. The van der Waals surface area contributed by atoms with Crippen LogP contribution in [0.1, 0.15) is 56.6 Å². The molecule has 1 fully saturated rings. The molecule has 1 aliphatic rings. The van der Waals surface area contributed by atoms with Crippen LogP contribution < -0.4 is 0 Å². The fourth-order valence-corrected chi connectivity index (χ4v) is 7.47. The van der Waals surface area contributed by atoms with Gasteiger partial charge in [0.1, 0.15) is 0 Å². The summed E-state index contributed by atoms with van der Waals surface area (Å²) in [5.74, 6) is 0.879. The highest BCUT2D eigenvalue weighted by Crippen LogP contribution is 2.32. The molecule has 0 nitrogen and oxygen atoms in total. The normalized spacial score (nSPS) is 16.3. The third-order valence-corrected chi connectivity index (χ3v) is 9.34. The summed E-state index contributed by atoms with van der Waals surface area (Å²) in [6.07, 6.45) is 5.11. The van der Waals surface area contributed by atoms with E-state index in [0.717, 1.165) is 35.6 Å². The quantitative estimate of drug-likeness (QED) is 0.299. The van der Waals surface area contributed by atoms with Crippen LogP contribution in [0.3, 0.4) is 0 Å². The Bertz CT molecular complexity index is 726. The van der Waals surface area contributed by atoms with E-state index in [1.807, 2.05) is 12.1 Å². The number of aryl methyl sites for hydroxylation is 1. The largest absolute Gasteiger partial charge is 0.416 e. The number of rotatable bonds is 8. The first-order valence-corrected chi connectivity index (χ1v) is 13.2. The van der Waals surface area contributed by atoms with Gasteiger partial charge in [0.15, 0.2) is 0 Å². The third-order valence-electron chi connectivity index (χ3n) is 6.29. The van der Waals surface area contributed by atoms with Gasteiger partial charge in [-0.3, -0.25) is 0 Å². The highest BCUT2D eigenvalue weighted by atomic mass is 28.3. The highest BCUT2D eigenvalue weighted by molar-refractivity contribution is 6.58. The first kappa shape index (κ1) is 22.1. The van der Waals surface area contributed by atoms with Crippen LogP contribution in [0.5, 0.6) is 0 Å². The molecule has 3 rings (SSSR count). The van der Waals surface area contributed by atoms with Crippen LogP contribution in [0.2, 0.25) is 18.1 Å². The predicted octanol–water partition coefficient (Wildman–Crippen LogP) is 8.40. The van der Waals surface area contributed by atoms with Crippen molar-refractivity contribution in [2.45, 2.75) is 76.2 Å². The van der Waals surface area contributed by atoms with E-state index in [1.165, 1.54) is 62.2 Å². The zero-order valence-electron chi connectivity index (χ0n) is 17.4. The molecule has 1 saturated heterocycles. The van der Waals surface area contributed by atoms with Crippen molar-refractivity contribution in [3.63, 3.8) is 0 Å². The van der Waals surface area contributed by atoms with Crippen LogP contribution in [-0.2, 0) is 12.6 Å². The zero-order valence-corrected chi connectivity index (χ0v) is 18.4. The maximum Gasteiger partial charge on any atom is 0.416 e. The van der Waals surface area contributed by atoms with E-state index in [0.29, 0.717) is 0 Å². The molecule has 4 heteroatoms. The highest BCUT2D eigenvalue weighted by Gasteiger charge is 2.30. The fourth-order valence-electron chi connectivity index (χ4n) is 4.34. The summed E-state index contributed by atoms with van der Waals surface area (Å²) in [6.45, 7) is 2.28. The predicted molar refractivity (Wildman–Crippen MR) is 118 cm³/mol. The second-order valence-electron chi connectivity index (χ2n) is 8.46. The Morgan fingerprint density at radius 3 is 2.00 bits per heavy atom. The molecule has 2 aromatic rings. The lowest BCUT2D eigenvalue weighted by atomic mass is 9.93. The van der Waals surface area contributed by atoms with Crippen LogP contribution in [0.25, 0.3) is 11.1 Å². The molecule has 1 heterocycles. The summed E-state index contributed by atoms with van der Waals surface area (Å²) >= 11 is 0. The molecular formula is C25H32F3Si. The van der Waals surface area contributed by atoms with Gasteiger partial charge in [0.2, 0.25) is 0 Å². The molecule has 2 aromatic carbocycles. The molecule has 0 spiro atoms. The molecule has 1 aliphatic heterocycles. The molecule has 0 unspecified atom stereocenters. The molecule has 29 heavy (non-hydrogen) atoms. The average molecular weight is 418 g/mol. The van der Waals surface area contributed by atoms with Crippen molar-refractivity contribution in [2.24, 2.45) is 5.92 Å². The summed E-state index contributed by atoms with van der Waals surface area (Å²) in [6, 6.07) is 18.3. The van der Waals surface area contributed by atoms with Gasteiger partial charge in [-0.2, -0.15) is 13.2 Å². The van der Waals surface area contributed by atoms with Crippen LogP contribution in [0.15, 0.2) is 48.5 Å². The van der Waals surface area contributed by atoms with Gasteiger partial charge in [-0.15, -0.1) is 0 Å². The van der Waals surface area contributed by atoms with Crippen molar-refractivity contribution < 1.29 is 13.2 Å². The van der Waals surface area contributed by atoms with E-state index in [4.69, 9.17) is 0 Å². The van der Waals surface area contributed by atoms with Gasteiger partial charge in [-0.1, -0.05) is 93.6 Å². The number of hydrogen-bond donors (Lipinski definition) is 0. The van der Waals surface area contributed by atoms with Crippen LogP contribution in [0, 0.1) is 5.92 Å². The lowest BCUT2D eigenvalue weighted by Gasteiger charge is -2.27. The van der Waals surface area contributed by atoms with E-state index >= 15 is 0 Å². The molecule has 157 valence electrons. The zero-order chi connectivity index (χ0) is 20.7.